The molecule has 1 rings (SSSR count). The van der Waals surface area contributed by atoms with Gasteiger partial charge in [-0.1, -0.05) is 141 Å². The van der Waals surface area contributed by atoms with Crippen LogP contribution in [0, 0.1) is 11.8 Å². The standard InChI is InChI=1S/C28H48O3/c1-4-5-6-7-8-9-10-11-12-13-14-15-16-20-23-27(25(2)3)28(29)31-30-24-26-21-18-17-19-22-26/h17-19,21-22,25,27H,4-16,20,23-24H2,1-3H3. The highest BCUT2D eigenvalue weighted by atomic mass is 17.2. The predicted octanol–water partition coefficient (Wildman–Crippen LogP) is 8.81. The molecule has 178 valence electrons. The highest BCUT2D eigenvalue weighted by molar-refractivity contribution is 5.72. The fourth-order valence-corrected chi connectivity index (χ4v) is 4.07. The first-order chi connectivity index (χ1) is 15.1. The van der Waals surface area contributed by atoms with Crippen LogP contribution in [0.4, 0.5) is 0 Å². The minimum atomic E-state index is -0.222. The van der Waals surface area contributed by atoms with Crippen molar-refractivity contribution in [2.75, 3.05) is 0 Å². The van der Waals surface area contributed by atoms with Crippen molar-refractivity contribution in [1.29, 1.82) is 0 Å². The van der Waals surface area contributed by atoms with Gasteiger partial charge in [-0.2, -0.15) is 4.89 Å². The Labute approximate surface area is 192 Å². The smallest absolute Gasteiger partial charge is 0.298 e. The lowest BCUT2D eigenvalue weighted by Gasteiger charge is -2.18. The molecular formula is C28H48O3. The summed E-state index contributed by atoms with van der Waals surface area (Å²) < 4.78 is 0. The number of hydrogen-bond acceptors (Lipinski definition) is 3. The number of hydrogen-bond donors (Lipinski definition) is 0. The third-order valence-electron chi connectivity index (χ3n) is 6.19. The van der Waals surface area contributed by atoms with E-state index in [0.29, 0.717) is 6.61 Å². The van der Waals surface area contributed by atoms with Crippen LogP contribution in [0.1, 0.15) is 123 Å². The van der Waals surface area contributed by atoms with Crippen LogP contribution < -0.4 is 0 Å². The Balaban J connectivity index is 1.99. The highest BCUT2D eigenvalue weighted by Crippen LogP contribution is 2.22. The molecule has 0 saturated heterocycles. The summed E-state index contributed by atoms with van der Waals surface area (Å²) in [5.74, 6) is -0.0245. The van der Waals surface area contributed by atoms with E-state index in [1.807, 2.05) is 30.3 Å². The molecule has 0 spiro atoms. The topological polar surface area (TPSA) is 35.5 Å². The van der Waals surface area contributed by atoms with E-state index in [9.17, 15) is 4.79 Å². The lowest BCUT2D eigenvalue weighted by atomic mass is 9.90. The summed E-state index contributed by atoms with van der Waals surface area (Å²) in [6.45, 7) is 6.76. The summed E-state index contributed by atoms with van der Waals surface area (Å²) in [7, 11) is 0. The van der Waals surface area contributed by atoms with E-state index in [0.717, 1.165) is 18.4 Å². The second kappa shape index (κ2) is 19.3. The number of carbonyl (C=O) groups excluding carboxylic acids is 1. The van der Waals surface area contributed by atoms with Crippen molar-refractivity contribution in [3.8, 4) is 0 Å². The molecule has 0 amide bonds. The third kappa shape index (κ3) is 15.1. The van der Waals surface area contributed by atoms with Crippen LogP contribution in [0.3, 0.4) is 0 Å². The van der Waals surface area contributed by atoms with Gasteiger partial charge in [-0.3, -0.25) is 4.89 Å². The zero-order valence-corrected chi connectivity index (χ0v) is 20.6. The molecule has 1 aromatic carbocycles. The van der Waals surface area contributed by atoms with Crippen molar-refractivity contribution in [3.05, 3.63) is 35.9 Å². The molecule has 0 saturated carbocycles. The molecule has 31 heavy (non-hydrogen) atoms. The molecule has 0 aliphatic rings. The van der Waals surface area contributed by atoms with Crippen LogP contribution in [-0.4, -0.2) is 5.97 Å². The minimum Gasteiger partial charge on any atom is -0.298 e. The van der Waals surface area contributed by atoms with Gasteiger partial charge in [0.25, 0.3) is 0 Å². The van der Waals surface area contributed by atoms with Crippen LogP contribution in [0.25, 0.3) is 0 Å². The Bertz CT molecular complexity index is 526. The van der Waals surface area contributed by atoms with Crippen molar-refractivity contribution in [2.24, 2.45) is 11.8 Å². The number of rotatable bonds is 20. The van der Waals surface area contributed by atoms with Crippen molar-refractivity contribution in [3.63, 3.8) is 0 Å². The van der Waals surface area contributed by atoms with Gasteiger partial charge in [-0.05, 0) is 17.9 Å². The molecule has 0 aliphatic heterocycles. The molecule has 0 aliphatic carbocycles. The first-order valence-corrected chi connectivity index (χ1v) is 13.0. The number of unbranched alkanes of at least 4 members (excludes halogenated alkanes) is 13. The van der Waals surface area contributed by atoms with Crippen LogP contribution in [0.15, 0.2) is 30.3 Å². The minimum absolute atomic E-state index is 0.0758. The molecule has 1 atom stereocenters. The molecule has 0 fully saturated rings. The zero-order valence-electron chi connectivity index (χ0n) is 20.6. The first kappa shape index (κ1) is 27.7. The van der Waals surface area contributed by atoms with Crippen LogP contribution in [0.2, 0.25) is 0 Å². The largest absolute Gasteiger partial charge is 0.345 e. The van der Waals surface area contributed by atoms with Gasteiger partial charge in [0.05, 0.1) is 5.92 Å². The molecule has 0 aromatic heterocycles. The maximum atomic E-state index is 12.4. The molecule has 3 nitrogen and oxygen atoms in total. The van der Waals surface area contributed by atoms with E-state index in [1.54, 1.807) is 0 Å². The molecule has 1 aromatic rings. The van der Waals surface area contributed by atoms with Crippen molar-refractivity contribution in [1.82, 2.24) is 0 Å². The van der Waals surface area contributed by atoms with E-state index >= 15 is 0 Å². The van der Waals surface area contributed by atoms with E-state index < -0.39 is 0 Å². The lowest BCUT2D eigenvalue weighted by molar-refractivity contribution is -0.284. The van der Waals surface area contributed by atoms with E-state index in [-0.39, 0.29) is 17.8 Å². The van der Waals surface area contributed by atoms with Gasteiger partial charge in [0.1, 0.15) is 6.61 Å². The molecule has 0 radical (unpaired) electrons. The summed E-state index contributed by atoms with van der Waals surface area (Å²) in [5.41, 5.74) is 1.00. The van der Waals surface area contributed by atoms with Gasteiger partial charge in [0, 0.05) is 0 Å². The van der Waals surface area contributed by atoms with Crippen LogP contribution >= 0.6 is 0 Å². The Morgan fingerprint density at radius 3 is 1.71 bits per heavy atom. The Hall–Kier alpha value is -1.35. The molecule has 3 heteroatoms. The SMILES string of the molecule is CCCCCCCCCCCCCCCCC(C(=O)OOCc1ccccc1)C(C)C. The Kier molecular flexibility index (Phi) is 17.3. The summed E-state index contributed by atoms with van der Waals surface area (Å²) in [5, 5.41) is 0. The molecular weight excluding hydrogens is 384 g/mol. The first-order valence-electron chi connectivity index (χ1n) is 13.0. The van der Waals surface area contributed by atoms with Gasteiger partial charge in [0.15, 0.2) is 0 Å². The van der Waals surface area contributed by atoms with Crippen molar-refractivity contribution < 1.29 is 14.6 Å². The fourth-order valence-electron chi connectivity index (χ4n) is 4.07. The summed E-state index contributed by atoms with van der Waals surface area (Å²) in [6.07, 6.45) is 19.8. The van der Waals surface area contributed by atoms with Gasteiger partial charge in [0.2, 0.25) is 0 Å². The maximum absolute atomic E-state index is 12.4. The Morgan fingerprint density at radius 1 is 0.742 bits per heavy atom. The second-order valence-electron chi connectivity index (χ2n) is 9.39. The van der Waals surface area contributed by atoms with Crippen molar-refractivity contribution >= 4 is 5.97 Å². The van der Waals surface area contributed by atoms with Crippen molar-refractivity contribution in [2.45, 2.75) is 124 Å². The summed E-state index contributed by atoms with van der Waals surface area (Å²) >= 11 is 0. The van der Waals surface area contributed by atoms with E-state index in [1.165, 1.54) is 83.5 Å². The zero-order chi connectivity index (χ0) is 22.6. The summed E-state index contributed by atoms with van der Waals surface area (Å²) in [4.78, 5) is 22.7. The predicted molar refractivity (Wildman–Crippen MR) is 131 cm³/mol. The molecule has 0 heterocycles. The van der Waals surface area contributed by atoms with Gasteiger partial charge < -0.3 is 0 Å². The molecule has 0 N–H and O–H groups in total. The fraction of sp³-hybridized carbons (Fsp3) is 0.750. The maximum Gasteiger partial charge on any atom is 0.345 e. The quantitative estimate of drug-likeness (QED) is 0.117. The summed E-state index contributed by atoms with van der Waals surface area (Å²) in [6, 6.07) is 9.78. The monoisotopic (exact) mass is 432 g/mol. The van der Waals surface area contributed by atoms with E-state index in [4.69, 9.17) is 9.78 Å². The second-order valence-corrected chi connectivity index (χ2v) is 9.39. The van der Waals surface area contributed by atoms with Gasteiger partial charge in [-0.25, -0.2) is 4.79 Å². The normalized spacial score (nSPS) is 12.3. The van der Waals surface area contributed by atoms with Crippen LogP contribution in [0.5, 0.6) is 0 Å². The lowest BCUT2D eigenvalue weighted by Crippen LogP contribution is -2.23. The molecule has 0 bridgehead atoms. The van der Waals surface area contributed by atoms with E-state index in [2.05, 4.69) is 20.8 Å². The Morgan fingerprint density at radius 2 is 1.23 bits per heavy atom. The third-order valence-corrected chi connectivity index (χ3v) is 6.19. The average Bonchev–Trinajstić information content (AvgIpc) is 2.77. The number of carbonyl (C=O) groups is 1. The van der Waals surface area contributed by atoms with Crippen LogP contribution in [-0.2, 0) is 21.2 Å². The molecule has 1 unspecified atom stereocenters. The van der Waals surface area contributed by atoms with Gasteiger partial charge in [-0.15, -0.1) is 0 Å². The van der Waals surface area contributed by atoms with Gasteiger partial charge >= 0.3 is 5.97 Å². The average molecular weight is 433 g/mol. The number of benzene rings is 1. The highest BCUT2D eigenvalue weighted by Gasteiger charge is 2.24.